The molecule has 1 N–H and O–H groups in total. The van der Waals surface area contributed by atoms with Crippen molar-refractivity contribution < 1.29 is 4.79 Å². The van der Waals surface area contributed by atoms with Gasteiger partial charge in [-0.3, -0.25) is 0 Å². The molecule has 1 aliphatic carbocycles. The Kier molecular flexibility index (Phi) is 4.82. The smallest absolute Gasteiger partial charge is 0.317 e. The molecule has 2 amide bonds. The average Bonchev–Trinajstić information content (AvgIpc) is 3.41. The van der Waals surface area contributed by atoms with Gasteiger partial charge in [0.1, 0.15) is 0 Å². The van der Waals surface area contributed by atoms with Crippen LogP contribution in [0, 0.1) is 11.3 Å². The van der Waals surface area contributed by atoms with Crippen molar-refractivity contribution in [1.29, 1.82) is 5.26 Å². The second-order valence-electron chi connectivity index (χ2n) is 6.66. The second kappa shape index (κ2) is 7.01. The average molecular weight is 312 g/mol. The Balaban J connectivity index is 1.44. The number of nitrogens with zero attached hydrogens (tertiary/aromatic N) is 3. The van der Waals surface area contributed by atoms with E-state index >= 15 is 0 Å². The lowest BCUT2D eigenvalue weighted by atomic mass is 10.1. The summed E-state index contributed by atoms with van der Waals surface area (Å²) < 4.78 is 0. The zero-order valence-corrected chi connectivity index (χ0v) is 13.7. The van der Waals surface area contributed by atoms with Crippen LogP contribution in [0.5, 0.6) is 0 Å². The number of hydrogen-bond acceptors (Lipinski definition) is 3. The third kappa shape index (κ3) is 4.23. The summed E-state index contributed by atoms with van der Waals surface area (Å²) in [6.45, 7) is 2.77. The SMILES string of the molecule is CN(Cc1ccc(C#N)cc1)C(=O)NC1CCN(C2CC2)CC1. The number of urea groups is 1. The first-order valence-electron chi connectivity index (χ1n) is 8.40. The molecular formula is C18H24N4O. The fourth-order valence-electron chi connectivity index (χ4n) is 3.16. The van der Waals surface area contributed by atoms with Gasteiger partial charge in [0.05, 0.1) is 11.6 Å². The van der Waals surface area contributed by atoms with Crippen LogP contribution in [0.1, 0.15) is 36.8 Å². The number of nitriles is 1. The van der Waals surface area contributed by atoms with Crippen molar-refractivity contribution >= 4 is 6.03 Å². The fraction of sp³-hybridized carbons (Fsp3) is 0.556. The van der Waals surface area contributed by atoms with Crippen LogP contribution in [0.4, 0.5) is 4.79 Å². The summed E-state index contributed by atoms with van der Waals surface area (Å²) in [5.74, 6) is 0. The first-order valence-corrected chi connectivity index (χ1v) is 8.40. The fourth-order valence-corrected chi connectivity index (χ4v) is 3.16. The third-order valence-electron chi connectivity index (χ3n) is 4.77. The maximum absolute atomic E-state index is 12.3. The Morgan fingerprint density at radius 1 is 1.26 bits per heavy atom. The Bertz CT molecular complexity index is 580. The minimum absolute atomic E-state index is 0.0146. The molecule has 1 aliphatic heterocycles. The van der Waals surface area contributed by atoms with Crippen LogP contribution in [0.25, 0.3) is 0 Å². The van der Waals surface area contributed by atoms with Crippen LogP contribution in [0.3, 0.4) is 0 Å². The van der Waals surface area contributed by atoms with Gasteiger partial charge in [0.15, 0.2) is 0 Å². The molecule has 2 aliphatic rings. The van der Waals surface area contributed by atoms with E-state index in [-0.39, 0.29) is 6.03 Å². The number of nitrogens with one attached hydrogen (secondary N) is 1. The number of amides is 2. The summed E-state index contributed by atoms with van der Waals surface area (Å²) in [4.78, 5) is 16.6. The molecule has 0 unspecified atom stereocenters. The van der Waals surface area contributed by atoms with Crippen molar-refractivity contribution in [2.45, 2.75) is 44.3 Å². The molecule has 2 fully saturated rings. The molecule has 1 saturated carbocycles. The van der Waals surface area contributed by atoms with E-state index in [0.29, 0.717) is 18.2 Å². The minimum atomic E-state index is -0.0146. The monoisotopic (exact) mass is 312 g/mol. The number of benzene rings is 1. The molecule has 1 aromatic carbocycles. The highest BCUT2D eigenvalue weighted by Crippen LogP contribution is 2.29. The highest BCUT2D eigenvalue weighted by molar-refractivity contribution is 5.74. The molecule has 5 nitrogen and oxygen atoms in total. The first-order chi connectivity index (χ1) is 11.2. The summed E-state index contributed by atoms with van der Waals surface area (Å²) >= 11 is 0. The molecule has 0 aromatic heterocycles. The highest BCUT2D eigenvalue weighted by Gasteiger charge is 2.32. The number of carbonyl (C=O) groups excluding carboxylic acids is 1. The second-order valence-corrected chi connectivity index (χ2v) is 6.66. The summed E-state index contributed by atoms with van der Waals surface area (Å²) in [5.41, 5.74) is 1.67. The quantitative estimate of drug-likeness (QED) is 0.928. The molecule has 0 atom stereocenters. The number of hydrogen-bond donors (Lipinski definition) is 1. The van der Waals surface area contributed by atoms with E-state index in [4.69, 9.17) is 5.26 Å². The van der Waals surface area contributed by atoms with Crippen LogP contribution in [0.2, 0.25) is 0 Å². The lowest BCUT2D eigenvalue weighted by Crippen LogP contribution is -2.48. The van der Waals surface area contributed by atoms with Crippen LogP contribution in [-0.2, 0) is 6.54 Å². The van der Waals surface area contributed by atoms with Crippen molar-refractivity contribution in [3.8, 4) is 6.07 Å². The van der Waals surface area contributed by atoms with Gasteiger partial charge in [-0.15, -0.1) is 0 Å². The normalized spacial score (nSPS) is 19.1. The molecule has 1 aromatic rings. The number of likely N-dealkylation sites (tertiary alicyclic amines) is 1. The Labute approximate surface area is 137 Å². The lowest BCUT2D eigenvalue weighted by molar-refractivity contribution is 0.173. The molecule has 5 heteroatoms. The highest BCUT2D eigenvalue weighted by atomic mass is 16.2. The van der Waals surface area contributed by atoms with Crippen molar-refractivity contribution in [2.75, 3.05) is 20.1 Å². The number of carbonyl (C=O) groups is 1. The van der Waals surface area contributed by atoms with E-state index in [1.165, 1.54) is 12.8 Å². The summed E-state index contributed by atoms with van der Waals surface area (Å²) in [5, 5.41) is 12.0. The molecule has 1 saturated heterocycles. The van der Waals surface area contributed by atoms with Crippen molar-refractivity contribution in [3.05, 3.63) is 35.4 Å². The van der Waals surface area contributed by atoms with Crippen LogP contribution >= 0.6 is 0 Å². The molecule has 0 spiro atoms. The van der Waals surface area contributed by atoms with Gasteiger partial charge in [-0.2, -0.15) is 5.26 Å². The first kappa shape index (κ1) is 15.8. The zero-order chi connectivity index (χ0) is 16.2. The maximum Gasteiger partial charge on any atom is 0.317 e. The largest absolute Gasteiger partial charge is 0.335 e. The standard InChI is InChI=1S/C18H24N4O/c1-21(13-15-4-2-14(12-19)3-5-15)18(23)20-16-8-10-22(11-9-16)17-6-7-17/h2-5,16-17H,6-11,13H2,1H3,(H,20,23). The van der Waals surface area contributed by atoms with Gasteiger partial charge in [-0.05, 0) is 43.4 Å². The van der Waals surface area contributed by atoms with Gasteiger partial charge in [0.2, 0.25) is 0 Å². The zero-order valence-electron chi connectivity index (χ0n) is 13.7. The molecular weight excluding hydrogens is 288 g/mol. The summed E-state index contributed by atoms with van der Waals surface area (Å²) in [7, 11) is 1.81. The summed E-state index contributed by atoms with van der Waals surface area (Å²) in [6.07, 6.45) is 4.80. The van der Waals surface area contributed by atoms with Gasteiger partial charge < -0.3 is 15.1 Å². The van der Waals surface area contributed by atoms with E-state index in [9.17, 15) is 4.79 Å². The van der Waals surface area contributed by atoms with E-state index in [2.05, 4.69) is 16.3 Å². The third-order valence-corrected chi connectivity index (χ3v) is 4.77. The molecule has 0 radical (unpaired) electrons. The maximum atomic E-state index is 12.3. The van der Waals surface area contributed by atoms with Gasteiger partial charge in [0, 0.05) is 38.8 Å². The van der Waals surface area contributed by atoms with Gasteiger partial charge in [-0.25, -0.2) is 4.79 Å². The van der Waals surface area contributed by atoms with E-state index in [1.54, 1.807) is 17.0 Å². The van der Waals surface area contributed by atoms with Crippen molar-refractivity contribution in [3.63, 3.8) is 0 Å². The topological polar surface area (TPSA) is 59.4 Å². The van der Waals surface area contributed by atoms with Gasteiger partial charge >= 0.3 is 6.03 Å². The Morgan fingerprint density at radius 2 is 1.91 bits per heavy atom. The molecule has 1 heterocycles. The molecule has 3 rings (SSSR count). The van der Waals surface area contributed by atoms with Gasteiger partial charge in [0.25, 0.3) is 0 Å². The van der Waals surface area contributed by atoms with E-state index in [1.807, 2.05) is 19.2 Å². The minimum Gasteiger partial charge on any atom is -0.335 e. The van der Waals surface area contributed by atoms with Crippen LogP contribution in [0.15, 0.2) is 24.3 Å². The van der Waals surface area contributed by atoms with Crippen molar-refractivity contribution in [1.82, 2.24) is 15.1 Å². The number of rotatable bonds is 4. The van der Waals surface area contributed by atoms with E-state index < -0.39 is 0 Å². The van der Waals surface area contributed by atoms with E-state index in [0.717, 1.165) is 37.5 Å². The summed E-state index contributed by atoms with van der Waals surface area (Å²) in [6, 6.07) is 10.6. The van der Waals surface area contributed by atoms with Crippen LogP contribution in [-0.4, -0.2) is 48.1 Å². The predicted molar refractivity (Wildman–Crippen MR) is 88.8 cm³/mol. The Morgan fingerprint density at radius 3 is 2.48 bits per heavy atom. The predicted octanol–water partition coefficient (Wildman–Crippen LogP) is 2.33. The van der Waals surface area contributed by atoms with Crippen molar-refractivity contribution in [2.24, 2.45) is 0 Å². The molecule has 0 bridgehead atoms. The van der Waals surface area contributed by atoms with Crippen LogP contribution < -0.4 is 5.32 Å². The van der Waals surface area contributed by atoms with Gasteiger partial charge in [-0.1, -0.05) is 12.1 Å². The number of piperidine rings is 1. The Hall–Kier alpha value is -2.06. The lowest BCUT2D eigenvalue weighted by Gasteiger charge is -2.33. The molecule has 122 valence electrons. The molecule has 23 heavy (non-hydrogen) atoms.